The lowest BCUT2D eigenvalue weighted by atomic mass is 10.1. The quantitative estimate of drug-likeness (QED) is 0.778. The van der Waals surface area contributed by atoms with Crippen LogP contribution in [0.15, 0.2) is 6.07 Å². The van der Waals surface area contributed by atoms with E-state index in [-0.39, 0.29) is 23.0 Å². The van der Waals surface area contributed by atoms with E-state index in [1.165, 1.54) is 6.26 Å². The van der Waals surface area contributed by atoms with E-state index in [0.29, 0.717) is 18.9 Å². The van der Waals surface area contributed by atoms with Gasteiger partial charge < -0.3 is 9.64 Å². The normalized spacial score (nSPS) is 21.3. The first-order chi connectivity index (χ1) is 9.76. The number of ether oxygens (including phenoxy) is 1. The maximum atomic E-state index is 11.4. The Morgan fingerprint density at radius 2 is 2.24 bits per heavy atom. The lowest BCUT2D eigenvalue weighted by Gasteiger charge is -2.34. The number of hydrogen-bond acceptors (Lipinski definition) is 6. The Labute approximate surface area is 130 Å². The molecule has 21 heavy (non-hydrogen) atoms. The summed E-state index contributed by atoms with van der Waals surface area (Å²) in [4.78, 5) is 10.5. The number of aromatic nitrogens is 2. The third kappa shape index (κ3) is 4.52. The summed E-state index contributed by atoms with van der Waals surface area (Å²) in [6.45, 7) is 5.88. The molecule has 1 fully saturated rings. The van der Waals surface area contributed by atoms with Crippen LogP contribution in [0.25, 0.3) is 0 Å². The Bertz CT molecular complexity index is 609. The number of rotatable bonds is 4. The monoisotopic (exact) mass is 333 g/mol. The number of anilines is 1. The van der Waals surface area contributed by atoms with E-state index in [4.69, 9.17) is 16.3 Å². The van der Waals surface area contributed by atoms with Crippen molar-refractivity contribution in [2.24, 2.45) is 0 Å². The molecule has 1 aromatic rings. The minimum atomic E-state index is -3.07. The third-order valence-electron chi connectivity index (χ3n) is 3.42. The van der Waals surface area contributed by atoms with Crippen molar-refractivity contribution in [1.82, 2.24) is 9.97 Å². The number of hydrogen-bond donors (Lipinski definition) is 0. The van der Waals surface area contributed by atoms with Gasteiger partial charge in [0, 0.05) is 24.8 Å². The van der Waals surface area contributed by atoms with E-state index in [0.717, 1.165) is 12.4 Å². The van der Waals surface area contributed by atoms with Crippen LogP contribution in [0.4, 0.5) is 5.82 Å². The topological polar surface area (TPSA) is 72.4 Å². The summed E-state index contributed by atoms with van der Waals surface area (Å²) < 4.78 is 28.3. The third-order valence-corrected chi connectivity index (χ3v) is 4.70. The molecule has 2 heterocycles. The van der Waals surface area contributed by atoms with E-state index < -0.39 is 9.84 Å². The average molecular weight is 334 g/mol. The Morgan fingerprint density at radius 3 is 2.86 bits per heavy atom. The fraction of sp³-hybridized carbons (Fsp3) is 0.692. The van der Waals surface area contributed by atoms with E-state index in [2.05, 4.69) is 21.8 Å². The molecule has 6 nitrogen and oxygen atoms in total. The molecule has 0 radical (unpaired) electrons. The van der Waals surface area contributed by atoms with E-state index >= 15 is 0 Å². The molecule has 1 aromatic heterocycles. The molecule has 1 saturated heterocycles. The predicted molar refractivity (Wildman–Crippen MR) is 82.8 cm³/mol. The molecule has 0 aliphatic carbocycles. The molecule has 0 amide bonds. The van der Waals surface area contributed by atoms with Crippen molar-refractivity contribution in [3.63, 3.8) is 0 Å². The molecule has 2 atom stereocenters. The highest BCUT2D eigenvalue weighted by Crippen LogP contribution is 2.24. The predicted octanol–water partition coefficient (Wildman–Crippen LogP) is 1.50. The Kier molecular flexibility index (Phi) is 5.06. The first-order valence-electron chi connectivity index (χ1n) is 6.83. The van der Waals surface area contributed by atoms with Crippen LogP contribution in [0.1, 0.15) is 25.5 Å². The molecule has 1 aliphatic rings. The van der Waals surface area contributed by atoms with Crippen molar-refractivity contribution in [3.05, 3.63) is 17.0 Å². The fourth-order valence-corrected chi connectivity index (χ4v) is 3.69. The molecule has 1 unspecified atom stereocenters. The lowest BCUT2D eigenvalue weighted by Crippen LogP contribution is -2.44. The second-order valence-corrected chi connectivity index (χ2v) is 8.05. The largest absolute Gasteiger partial charge is 0.377 e. The first kappa shape index (κ1) is 16.5. The first-order valence-corrected chi connectivity index (χ1v) is 9.26. The van der Waals surface area contributed by atoms with Gasteiger partial charge in [-0.15, -0.1) is 0 Å². The second kappa shape index (κ2) is 6.46. The summed E-state index contributed by atoms with van der Waals surface area (Å²) >= 11 is 6.00. The van der Waals surface area contributed by atoms with Gasteiger partial charge in [0.15, 0.2) is 0 Å². The van der Waals surface area contributed by atoms with E-state index in [1.54, 1.807) is 0 Å². The lowest BCUT2D eigenvalue weighted by molar-refractivity contribution is 0.0985. The highest BCUT2D eigenvalue weighted by Gasteiger charge is 2.23. The minimum absolute atomic E-state index is 0.0401. The molecule has 0 bridgehead atoms. The summed E-state index contributed by atoms with van der Waals surface area (Å²) in [5, 5.41) is 0.140. The van der Waals surface area contributed by atoms with Crippen molar-refractivity contribution in [2.45, 2.75) is 25.8 Å². The van der Waals surface area contributed by atoms with E-state index in [1.807, 2.05) is 13.0 Å². The molecular weight excluding hydrogens is 314 g/mol. The molecule has 118 valence electrons. The average Bonchev–Trinajstić information content (AvgIpc) is 2.36. The summed E-state index contributed by atoms with van der Waals surface area (Å²) in [7, 11) is -3.07. The van der Waals surface area contributed by atoms with Crippen molar-refractivity contribution >= 4 is 27.3 Å². The maximum absolute atomic E-state index is 11.4. The molecule has 8 heteroatoms. The Hall–Kier alpha value is -0.920. The van der Waals surface area contributed by atoms with Crippen LogP contribution < -0.4 is 4.90 Å². The smallest absolute Gasteiger partial charge is 0.224 e. The number of morpholine rings is 1. The van der Waals surface area contributed by atoms with Gasteiger partial charge in [0.05, 0.1) is 30.7 Å². The highest BCUT2D eigenvalue weighted by atomic mass is 35.5. The fourth-order valence-electron chi connectivity index (χ4n) is 2.43. The molecule has 1 aliphatic heterocycles. The summed E-state index contributed by atoms with van der Waals surface area (Å²) in [6, 6.07) is 2.02. The number of sulfone groups is 1. The van der Waals surface area contributed by atoms with Crippen molar-refractivity contribution in [1.29, 1.82) is 0 Å². The molecule has 0 N–H and O–H groups in total. The molecule has 2 rings (SSSR count). The zero-order valence-corrected chi connectivity index (χ0v) is 14.0. The van der Waals surface area contributed by atoms with Crippen LogP contribution in [0.5, 0.6) is 0 Å². The van der Waals surface area contributed by atoms with Gasteiger partial charge in [-0.05, 0) is 18.5 Å². The van der Waals surface area contributed by atoms with Crippen molar-refractivity contribution in [2.75, 3.05) is 36.7 Å². The number of halogens is 1. The summed E-state index contributed by atoms with van der Waals surface area (Å²) in [5.41, 5.74) is 0.647. The van der Waals surface area contributed by atoms with Crippen molar-refractivity contribution < 1.29 is 13.2 Å². The van der Waals surface area contributed by atoms with Gasteiger partial charge in [0.25, 0.3) is 0 Å². The van der Waals surface area contributed by atoms with Crippen molar-refractivity contribution in [3.8, 4) is 0 Å². The van der Waals surface area contributed by atoms with Crippen LogP contribution in [0, 0.1) is 0 Å². The van der Waals surface area contributed by atoms with Gasteiger partial charge in [-0.25, -0.2) is 18.4 Å². The summed E-state index contributed by atoms with van der Waals surface area (Å²) in [5.74, 6) is 0.537. The zero-order chi connectivity index (χ0) is 15.6. The van der Waals surface area contributed by atoms with Crippen LogP contribution in [0.3, 0.4) is 0 Å². The molecule has 0 spiro atoms. The van der Waals surface area contributed by atoms with Gasteiger partial charge in [-0.1, -0.05) is 6.92 Å². The number of nitrogens with zero attached hydrogens (tertiary/aromatic N) is 3. The van der Waals surface area contributed by atoms with E-state index in [9.17, 15) is 8.42 Å². The zero-order valence-electron chi connectivity index (χ0n) is 12.4. The highest BCUT2D eigenvalue weighted by molar-refractivity contribution is 7.90. The van der Waals surface area contributed by atoms with Crippen LogP contribution >= 0.6 is 11.6 Å². The van der Waals surface area contributed by atoms with Gasteiger partial charge in [0.2, 0.25) is 5.28 Å². The standard InChI is InChI=1S/C13H20ClN3O3S/c1-9(8-21(3,18)19)11-6-12(16-13(14)15-11)17-4-5-20-7-10(17)2/h6,9-10H,4-5,7-8H2,1-3H3/t9?,10-/m0/s1. The summed E-state index contributed by atoms with van der Waals surface area (Å²) in [6.07, 6.45) is 1.22. The van der Waals surface area contributed by atoms with Gasteiger partial charge in [-0.2, -0.15) is 0 Å². The van der Waals surface area contributed by atoms with Crippen LogP contribution in [-0.4, -0.2) is 56.2 Å². The molecule has 0 saturated carbocycles. The minimum Gasteiger partial charge on any atom is -0.377 e. The molecular formula is C13H20ClN3O3S. The van der Waals surface area contributed by atoms with Gasteiger partial charge in [-0.3, -0.25) is 0 Å². The Morgan fingerprint density at radius 1 is 1.52 bits per heavy atom. The van der Waals surface area contributed by atoms with Crippen LogP contribution in [0.2, 0.25) is 5.28 Å². The second-order valence-electron chi connectivity index (χ2n) is 5.53. The van der Waals surface area contributed by atoms with Gasteiger partial charge >= 0.3 is 0 Å². The Balaban J connectivity index is 2.28. The van der Waals surface area contributed by atoms with Crippen LogP contribution in [-0.2, 0) is 14.6 Å². The SMILES string of the molecule is CC(CS(C)(=O)=O)c1cc(N2CCOC[C@@H]2C)nc(Cl)n1. The van der Waals surface area contributed by atoms with Gasteiger partial charge in [0.1, 0.15) is 15.7 Å². The maximum Gasteiger partial charge on any atom is 0.224 e. The molecule has 0 aromatic carbocycles.